The van der Waals surface area contributed by atoms with Crippen LogP contribution in [0.4, 0.5) is 0 Å². The molecule has 1 aliphatic rings. The van der Waals surface area contributed by atoms with Gasteiger partial charge in [0, 0.05) is 5.38 Å². The highest BCUT2D eigenvalue weighted by atomic mass is 35.5. The molecule has 0 aromatic rings. The molecule has 0 spiro atoms. The Kier molecular flexibility index (Phi) is 2.59. The molecule has 64 valence electrons. The molecule has 0 heterocycles. The standard InChI is InChI=1S/C10H11ClO/c1-8-4-3-5-10(2,6-7-11)9(8)12/h4H,3,5H2,1-2H3. The summed E-state index contributed by atoms with van der Waals surface area (Å²) in [6, 6.07) is 0. The van der Waals surface area contributed by atoms with Crippen LogP contribution in [0.5, 0.6) is 0 Å². The van der Waals surface area contributed by atoms with Gasteiger partial charge in [-0.1, -0.05) is 12.0 Å². The van der Waals surface area contributed by atoms with Crippen LogP contribution in [-0.4, -0.2) is 5.78 Å². The van der Waals surface area contributed by atoms with Crippen LogP contribution in [0.25, 0.3) is 0 Å². The van der Waals surface area contributed by atoms with E-state index in [2.05, 4.69) is 11.3 Å². The van der Waals surface area contributed by atoms with Gasteiger partial charge in [-0.2, -0.15) is 0 Å². The zero-order valence-corrected chi connectivity index (χ0v) is 8.03. The van der Waals surface area contributed by atoms with E-state index in [4.69, 9.17) is 11.6 Å². The second-order valence-corrected chi connectivity index (χ2v) is 3.50. The highest BCUT2D eigenvalue weighted by Crippen LogP contribution is 2.31. The first-order valence-electron chi connectivity index (χ1n) is 3.94. The van der Waals surface area contributed by atoms with Gasteiger partial charge < -0.3 is 0 Å². The minimum Gasteiger partial charge on any atom is -0.293 e. The topological polar surface area (TPSA) is 17.1 Å². The SMILES string of the molecule is CC1=CCCC(C)(C#CCl)C1=O. The number of Topliss-reactive ketones (excluding diaryl/α,β-unsaturated/α-hetero) is 1. The predicted octanol–water partition coefficient (Wildman–Crippen LogP) is 2.50. The van der Waals surface area contributed by atoms with E-state index in [1.807, 2.05) is 19.9 Å². The van der Waals surface area contributed by atoms with Crippen LogP contribution >= 0.6 is 11.6 Å². The van der Waals surface area contributed by atoms with Crippen LogP contribution in [0.2, 0.25) is 0 Å². The first-order valence-corrected chi connectivity index (χ1v) is 4.32. The molecule has 0 fully saturated rings. The maximum Gasteiger partial charge on any atom is 0.176 e. The molecular formula is C10H11ClO. The van der Waals surface area contributed by atoms with Gasteiger partial charge in [0.25, 0.3) is 0 Å². The number of allylic oxidation sites excluding steroid dienone is 2. The molecule has 1 unspecified atom stereocenters. The second kappa shape index (κ2) is 3.33. The van der Waals surface area contributed by atoms with E-state index in [9.17, 15) is 4.79 Å². The molecular weight excluding hydrogens is 172 g/mol. The van der Waals surface area contributed by atoms with E-state index in [1.165, 1.54) is 0 Å². The number of hydrogen-bond donors (Lipinski definition) is 0. The lowest BCUT2D eigenvalue weighted by Gasteiger charge is -2.25. The second-order valence-electron chi connectivity index (χ2n) is 3.31. The predicted molar refractivity (Wildman–Crippen MR) is 49.7 cm³/mol. The average molecular weight is 183 g/mol. The van der Waals surface area contributed by atoms with Gasteiger partial charge in [-0.15, -0.1) is 0 Å². The van der Waals surface area contributed by atoms with Crippen molar-refractivity contribution in [1.82, 2.24) is 0 Å². The van der Waals surface area contributed by atoms with Gasteiger partial charge in [0.15, 0.2) is 5.78 Å². The van der Waals surface area contributed by atoms with Crippen molar-refractivity contribution < 1.29 is 4.79 Å². The van der Waals surface area contributed by atoms with Crippen LogP contribution in [0.15, 0.2) is 11.6 Å². The van der Waals surface area contributed by atoms with Crippen LogP contribution in [-0.2, 0) is 4.79 Å². The molecule has 1 rings (SSSR count). The Morgan fingerprint density at radius 2 is 2.33 bits per heavy atom. The summed E-state index contributed by atoms with van der Waals surface area (Å²) in [5, 5.41) is 2.30. The Bertz CT molecular complexity index is 293. The molecule has 0 aromatic carbocycles. The number of rotatable bonds is 0. The summed E-state index contributed by atoms with van der Waals surface area (Å²) in [5.41, 5.74) is 0.267. The molecule has 0 radical (unpaired) electrons. The van der Waals surface area contributed by atoms with Gasteiger partial charge in [-0.3, -0.25) is 4.79 Å². The smallest absolute Gasteiger partial charge is 0.176 e. The number of hydrogen-bond acceptors (Lipinski definition) is 1. The number of ketones is 1. The zero-order chi connectivity index (χ0) is 9.19. The van der Waals surface area contributed by atoms with E-state index in [0.717, 1.165) is 18.4 Å². The van der Waals surface area contributed by atoms with E-state index in [0.29, 0.717) is 0 Å². The maximum atomic E-state index is 11.6. The maximum absolute atomic E-state index is 11.6. The van der Waals surface area contributed by atoms with Gasteiger partial charge in [0.1, 0.15) is 0 Å². The summed E-state index contributed by atoms with van der Waals surface area (Å²) in [7, 11) is 0. The molecule has 0 aliphatic heterocycles. The first-order chi connectivity index (χ1) is 5.60. The van der Waals surface area contributed by atoms with Crippen LogP contribution in [0.3, 0.4) is 0 Å². The third kappa shape index (κ3) is 1.54. The van der Waals surface area contributed by atoms with Crippen molar-refractivity contribution in [3.05, 3.63) is 11.6 Å². The fraction of sp³-hybridized carbons (Fsp3) is 0.500. The van der Waals surface area contributed by atoms with Crippen molar-refractivity contribution in [3.8, 4) is 11.3 Å². The lowest BCUT2D eigenvalue weighted by atomic mass is 9.75. The molecule has 1 nitrogen and oxygen atoms in total. The average Bonchev–Trinajstić information content (AvgIpc) is 2.01. The largest absolute Gasteiger partial charge is 0.293 e. The van der Waals surface area contributed by atoms with Crippen molar-refractivity contribution >= 4 is 17.4 Å². The normalized spacial score (nSPS) is 28.9. The summed E-state index contributed by atoms with van der Waals surface area (Å²) in [6.45, 7) is 3.68. The summed E-state index contributed by atoms with van der Waals surface area (Å²) in [4.78, 5) is 11.6. The Labute approximate surface area is 77.8 Å². The Balaban J connectivity index is 3.00. The highest BCUT2D eigenvalue weighted by Gasteiger charge is 2.33. The zero-order valence-electron chi connectivity index (χ0n) is 7.28. The van der Waals surface area contributed by atoms with Gasteiger partial charge in [-0.05, 0) is 43.9 Å². The van der Waals surface area contributed by atoms with Crippen molar-refractivity contribution in [1.29, 1.82) is 0 Å². The minimum atomic E-state index is -0.541. The monoisotopic (exact) mass is 182 g/mol. The van der Waals surface area contributed by atoms with Gasteiger partial charge in [0.05, 0.1) is 5.41 Å². The molecule has 0 saturated heterocycles. The third-order valence-corrected chi connectivity index (χ3v) is 2.37. The van der Waals surface area contributed by atoms with Crippen molar-refractivity contribution in [2.75, 3.05) is 0 Å². The summed E-state index contributed by atoms with van der Waals surface area (Å²) < 4.78 is 0. The molecule has 12 heavy (non-hydrogen) atoms. The first kappa shape index (κ1) is 9.35. The summed E-state index contributed by atoms with van der Waals surface area (Å²) in [5.74, 6) is 2.88. The number of carbonyl (C=O) groups is 1. The van der Waals surface area contributed by atoms with E-state index < -0.39 is 5.41 Å². The fourth-order valence-electron chi connectivity index (χ4n) is 1.44. The van der Waals surface area contributed by atoms with Crippen molar-refractivity contribution in [3.63, 3.8) is 0 Å². The lowest BCUT2D eigenvalue weighted by Crippen LogP contribution is -2.29. The fourth-order valence-corrected chi connectivity index (χ4v) is 1.65. The highest BCUT2D eigenvalue weighted by molar-refractivity contribution is 6.30. The number of carbonyl (C=O) groups excluding carboxylic acids is 1. The minimum absolute atomic E-state index is 0.113. The molecule has 0 amide bonds. The Hall–Kier alpha value is -0.740. The molecule has 0 aromatic heterocycles. The summed E-state index contributed by atoms with van der Waals surface area (Å²) >= 11 is 5.30. The molecule has 0 bridgehead atoms. The van der Waals surface area contributed by atoms with Crippen LogP contribution in [0.1, 0.15) is 26.7 Å². The van der Waals surface area contributed by atoms with Crippen LogP contribution in [0, 0.1) is 16.7 Å². The molecule has 1 atom stereocenters. The third-order valence-electron chi connectivity index (χ3n) is 2.28. The molecule has 1 aliphatic carbocycles. The van der Waals surface area contributed by atoms with E-state index in [1.54, 1.807) is 0 Å². The molecule has 0 N–H and O–H groups in total. The van der Waals surface area contributed by atoms with Crippen LogP contribution < -0.4 is 0 Å². The number of halogens is 1. The van der Waals surface area contributed by atoms with Gasteiger partial charge in [-0.25, -0.2) is 0 Å². The quantitative estimate of drug-likeness (QED) is 0.526. The Morgan fingerprint density at radius 1 is 1.67 bits per heavy atom. The Morgan fingerprint density at radius 3 is 2.92 bits per heavy atom. The van der Waals surface area contributed by atoms with Crippen molar-refractivity contribution in [2.45, 2.75) is 26.7 Å². The van der Waals surface area contributed by atoms with Gasteiger partial charge >= 0.3 is 0 Å². The lowest BCUT2D eigenvalue weighted by molar-refractivity contribution is -0.122. The molecule has 2 heteroatoms. The molecule has 0 saturated carbocycles. The van der Waals surface area contributed by atoms with E-state index in [-0.39, 0.29) is 5.78 Å². The van der Waals surface area contributed by atoms with Gasteiger partial charge in [0.2, 0.25) is 0 Å². The van der Waals surface area contributed by atoms with E-state index >= 15 is 0 Å². The van der Waals surface area contributed by atoms with Crippen molar-refractivity contribution in [2.24, 2.45) is 5.41 Å². The summed E-state index contributed by atoms with van der Waals surface area (Å²) in [6.07, 6.45) is 3.66.